The first-order valence-electron chi connectivity index (χ1n) is 6.35. The van der Waals surface area contributed by atoms with Crippen LogP contribution in [0.3, 0.4) is 0 Å². The van der Waals surface area contributed by atoms with Gasteiger partial charge < -0.3 is 11.1 Å². The van der Waals surface area contributed by atoms with Gasteiger partial charge in [0, 0.05) is 18.9 Å². The molecule has 7 heteroatoms. The Morgan fingerprint density at radius 3 is 2.85 bits per heavy atom. The van der Waals surface area contributed by atoms with Gasteiger partial charge >= 0.3 is 0 Å². The zero-order valence-corrected chi connectivity index (χ0v) is 11.5. The van der Waals surface area contributed by atoms with Gasteiger partial charge in [0.15, 0.2) is 5.65 Å². The quantitative estimate of drug-likeness (QED) is 0.822. The van der Waals surface area contributed by atoms with Crippen molar-refractivity contribution in [2.24, 2.45) is 11.1 Å². The van der Waals surface area contributed by atoms with Crippen molar-refractivity contribution in [3.8, 4) is 0 Å². The fourth-order valence-electron chi connectivity index (χ4n) is 1.69. The average molecular weight is 275 g/mol. The highest BCUT2D eigenvalue weighted by Gasteiger charge is 2.29. The first-order chi connectivity index (χ1) is 9.46. The summed E-state index contributed by atoms with van der Waals surface area (Å²) in [4.78, 5) is 27.5. The predicted octanol–water partition coefficient (Wildman–Crippen LogP) is 0.361. The number of imidazole rings is 1. The van der Waals surface area contributed by atoms with Gasteiger partial charge in [0.25, 0.3) is 5.91 Å². The molecule has 7 nitrogen and oxygen atoms in total. The molecule has 0 bridgehead atoms. The number of primary amides is 1. The molecule has 2 aromatic rings. The van der Waals surface area contributed by atoms with E-state index in [4.69, 9.17) is 5.73 Å². The van der Waals surface area contributed by atoms with Crippen molar-refractivity contribution in [1.82, 2.24) is 19.9 Å². The summed E-state index contributed by atoms with van der Waals surface area (Å²) in [6.07, 6.45) is 3.81. The molecule has 0 saturated heterocycles. The Balaban J connectivity index is 2.10. The lowest BCUT2D eigenvalue weighted by atomic mass is 9.87. The highest BCUT2D eigenvalue weighted by atomic mass is 16.2. The molecule has 0 spiro atoms. The first-order valence-corrected chi connectivity index (χ1v) is 6.35. The maximum absolute atomic E-state index is 12.0. The fraction of sp³-hybridized carbons (Fsp3) is 0.385. The zero-order valence-electron chi connectivity index (χ0n) is 11.5. The van der Waals surface area contributed by atoms with Gasteiger partial charge in [0.1, 0.15) is 5.69 Å². The third kappa shape index (κ3) is 2.61. The third-order valence-electron chi connectivity index (χ3n) is 3.50. The van der Waals surface area contributed by atoms with Crippen LogP contribution in [0.1, 0.15) is 30.8 Å². The van der Waals surface area contributed by atoms with Crippen molar-refractivity contribution in [2.75, 3.05) is 6.54 Å². The summed E-state index contributed by atoms with van der Waals surface area (Å²) in [6.45, 7) is 3.76. The molecule has 0 fully saturated rings. The van der Waals surface area contributed by atoms with Crippen LogP contribution in [0.15, 0.2) is 24.5 Å². The fourth-order valence-corrected chi connectivity index (χ4v) is 1.69. The Bertz CT molecular complexity index is 651. The van der Waals surface area contributed by atoms with Crippen molar-refractivity contribution in [2.45, 2.75) is 20.3 Å². The normalized spacial score (nSPS) is 13.9. The number of carbonyl (C=O) groups excluding carboxylic acids is 2. The molecular weight excluding hydrogens is 258 g/mol. The molecule has 0 radical (unpaired) electrons. The molecule has 0 aromatic carbocycles. The molecule has 1 unspecified atom stereocenters. The Kier molecular flexibility index (Phi) is 3.69. The van der Waals surface area contributed by atoms with Gasteiger partial charge in [-0.05, 0) is 25.5 Å². The number of rotatable bonds is 5. The van der Waals surface area contributed by atoms with E-state index in [-0.39, 0.29) is 18.1 Å². The van der Waals surface area contributed by atoms with Crippen LogP contribution in [-0.4, -0.2) is 33.0 Å². The summed E-state index contributed by atoms with van der Waals surface area (Å²) in [7, 11) is 0. The van der Waals surface area contributed by atoms with Crippen LogP contribution in [-0.2, 0) is 4.79 Å². The van der Waals surface area contributed by atoms with Gasteiger partial charge in [-0.1, -0.05) is 6.92 Å². The molecule has 2 aromatic heterocycles. The van der Waals surface area contributed by atoms with Crippen molar-refractivity contribution in [3.63, 3.8) is 0 Å². The Labute approximate surface area is 116 Å². The Morgan fingerprint density at radius 2 is 2.20 bits per heavy atom. The summed E-state index contributed by atoms with van der Waals surface area (Å²) in [5, 5.41) is 6.83. The molecule has 20 heavy (non-hydrogen) atoms. The summed E-state index contributed by atoms with van der Waals surface area (Å²) in [5.41, 5.74) is 5.52. The number of nitrogens with zero attached hydrogens (tertiary/aromatic N) is 3. The first kappa shape index (κ1) is 14.0. The molecule has 3 N–H and O–H groups in total. The molecule has 106 valence electrons. The van der Waals surface area contributed by atoms with Crippen LogP contribution in [0.5, 0.6) is 0 Å². The average Bonchev–Trinajstić information content (AvgIpc) is 2.91. The van der Waals surface area contributed by atoms with E-state index in [2.05, 4.69) is 15.4 Å². The van der Waals surface area contributed by atoms with Crippen LogP contribution < -0.4 is 11.1 Å². The third-order valence-corrected chi connectivity index (χ3v) is 3.50. The zero-order chi connectivity index (χ0) is 14.8. The van der Waals surface area contributed by atoms with Gasteiger partial charge in [-0.2, -0.15) is 5.10 Å². The molecule has 2 heterocycles. The Hall–Kier alpha value is -2.44. The largest absolute Gasteiger partial charge is 0.369 e. The minimum absolute atomic E-state index is 0.182. The number of nitrogens with one attached hydrogen (secondary N) is 1. The van der Waals surface area contributed by atoms with Crippen molar-refractivity contribution >= 4 is 17.5 Å². The maximum Gasteiger partial charge on any atom is 0.271 e. The number of amides is 2. The van der Waals surface area contributed by atoms with E-state index >= 15 is 0 Å². The molecule has 0 aliphatic carbocycles. The number of nitrogens with two attached hydrogens (primary N) is 1. The predicted molar refractivity (Wildman–Crippen MR) is 72.9 cm³/mol. The second-order valence-corrected chi connectivity index (χ2v) is 4.91. The van der Waals surface area contributed by atoms with E-state index in [1.54, 1.807) is 31.5 Å². The van der Waals surface area contributed by atoms with Gasteiger partial charge in [-0.25, -0.2) is 9.50 Å². The standard InChI is InChI=1S/C13H17N5O2/c1-3-13(2,12(14)20)8-16-11(19)9-4-5-10-15-6-7-18(10)17-9/h4-7H,3,8H2,1-2H3,(H2,14,20)(H,16,19). The number of hydrogen-bond donors (Lipinski definition) is 2. The number of fused-ring (bicyclic) bond motifs is 1. The van der Waals surface area contributed by atoms with Crippen LogP contribution >= 0.6 is 0 Å². The molecule has 0 aliphatic rings. The molecule has 2 rings (SSSR count). The van der Waals surface area contributed by atoms with Gasteiger partial charge in [-0.15, -0.1) is 0 Å². The topological polar surface area (TPSA) is 102 Å². The number of hydrogen-bond acceptors (Lipinski definition) is 4. The van der Waals surface area contributed by atoms with Crippen molar-refractivity contribution < 1.29 is 9.59 Å². The summed E-state index contributed by atoms with van der Waals surface area (Å²) in [6, 6.07) is 3.29. The van der Waals surface area contributed by atoms with Crippen LogP contribution in [0.4, 0.5) is 0 Å². The number of carbonyl (C=O) groups is 2. The molecule has 0 aliphatic heterocycles. The van der Waals surface area contributed by atoms with E-state index < -0.39 is 11.3 Å². The van der Waals surface area contributed by atoms with E-state index in [9.17, 15) is 9.59 Å². The SMILES string of the molecule is CCC(C)(CNC(=O)c1ccc2nccn2n1)C(N)=O. The second-order valence-electron chi connectivity index (χ2n) is 4.91. The molecule has 0 saturated carbocycles. The van der Waals surface area contributed by atoms with Crippen LogP contribution in [0.25, 0.3) is 5.65 Å². The molecule has 2 amide bonds. The minimum atomic E-state index is -0.755. The van der Waals surface area contributed by atoms with E-state index in [0.29, 0.717) is 12.1 Å². The van der Waals surface area contributed by atoms with Crippen LogP contribution in [0.2, 0.25) is 0 Å². The van der Waals surface area contributed by atoms with E-state index in [1.807, 2.05) is 6.92 Å². The van der Waals surface area contributed by atoms with E-state index in [1.165, 1.54) is 4.52 Å². The van der Waals surface area contributed by atoms with E-state index in [0.717, 1.165) is 0 Å². The highest BCUT2D eigenvalue weighted by molar-refractivity contribution is 5.92. The summed E-state index contributed by atoms with van der Waals surface area (Å²) < 4.78 is 1.52. The van der Waals surface area contributed by atoms with Crippen molar-refractivity contribution in [1.29, 1.82) is 0 Å². The van der Waals surface area contributed by atoms with Crippen LogP contribution in [0, 0.1) is 5.41 Å². The second kappa shape index (κ2) is 5.28. The summed E-state index contributed by atoms with van der Waals surface area (Å²) >= 11 is 0. The molecular formula is C13H17N5O2. The van der Waals surface area contributed by atoms with Crippen molar-refractivity contribution in [3.05, 3.63) is 30.2 Å². The van der Waals surface area contributed by atoms with Gasteiger partial charge in [-0.3, -0.25) is 9.59 Å². The van der Waals surface area contributed by atoms with Gasteiger partial charge in [0.05, 0.1) is 5.41 Å². The highest BCUT2D eigenvalue weighted by Crippen LogP contribution is 2.18. The Morgan fingerprint density at radius 1 is 1.45 bits per heavy atom. The lowest BCUT2D eigenvalue weighted by molar-refractivity contribution is -0.126. The molecule has 1 atom stereocenters. The van der Waals surface area contributed by atoms with Gasteiger partial charge in [0.2, 0.25) is 5.91 Å². The summed E-state index contributed by atoms with van der Waals surface area (Å²) in [5.74, 6) is -0.778. The maximum atomic E-state index is 12.0. The monoisotopic (exact) mass is 275 g/mol. The lowest BCUT2D eigenvalue weighted by Gasteiger charge is -2.24. The minimum Gasteiger partial charge on any atom is -0.369 e. The lowest BCUT2D eigenvalue weighted by Crippen LogP contribution is -2.44. The number of aromatic nitrogens is 3. The smallest absolute Gasteiger partial charge is 0.271 e.